The van der Waals surface area contributed by atoms with Gasteiger partial charge in [-0.3, -0.25) is 0 Å². The van der Waals surface area contributed by atoms with E-state index in [1.54, 1.807) is 20.0 Å². The average Bonchev–Trinajstić information content (AvgIpc) is 3.18. The van der Waals surface area contributed by atoms with E-state index in [0.29, 0.717) is 17.8 Å². The van der Waals surface area contributed by atoms with Crippen molar-refractivity contribution in [2.75, 3.05) is 11.1 Å². The summed E-state index contributed by atoms with van der Waals surface area (Å²) in [6.07, 6.45) is -0.0961. The first-order chi connectivity index (χ1) is 13.2. The Morgan fingerprint density at radius 2 is 1.93 bits per heavy atom. The molecule has 1 aliphatic carbocycles. The molecule has 8 nitrogen and oxygen atoms in total. The minimum absolute atomic E-state index is 0.0967. The Labute approximate surface area is 166 Å². The zero-order valence-corrected chi connectivity index (χ0v) is 16.4. The third kappa shape index (κ3) is 3.42. The van der Waals surface area contributed by atoms with E-state index < -0.39 is 29.8 Å². The lowest BCUT2D eigenvalue weighted by molar-refractivity contribution is -0.0601. The number of hydrogen-bond donors (Lipinski definition) is 5. The second kappa shape index (κ2) is 6.93. The number of nitrogens with two attached hydrogens (primary N) is 1. The number of rotatable bonds is 4. The number of nitrogens with one attached hydrogen (secondary N) is 1. The first kappa shape index (κ1) is 19.0. The SMILES string of the molecule is CC(C)(O)[C@H]1C[C@@H](Nc2nc(N)ncc2-c2nc3ccccc3s2)[C@H](O)[C@@H]1O. The number of aliphatic hydroxyl groups excluding tert-OH is 2. The van der Waals surface area contributed by atoms with Crippen LogP contribution in [0.15, 0.2) is 30.5 Å². The Balaban J connectivity index is 1.68. The minimum atomic E-state index is -1.11. The maximum absolute atomic E-state index is 10.5. The van der Waals surface area contributed by atoms with Gasteiger partial charge in [0.05, 0.1) is 33.5 Å². The average molecular weight is 401 g/mol. The Morgan fingerprint density at radius 3 is 2.61 bits per heavy atom. The first-order valence-corrected chi connectivity index (χ1v) is 9.89. The molecule has 148 valence electrons. The van der Waals surface area contributed by atoms with Crippen molar-refractivity contribution in [3.63, 3.8) is 0 Å². The number of aromatic nitrogens is 3. The fourth-order valence-corrected chi connectivity index (χ4v) is 4.68. The van der Waals surface area contributed by atoms with Gasteiger partial charge in [0.2, 0.25) is 5.95 Å². The van der Waals surface area contributed by atoms with E-state index in [1.807, 2.05) is 24.3 Å². The van der Waals surface area contributed by atoms with Crippen LogP contribution in [0.3, 0.4) is 0 Å². The molecular weight excluding hydrogens is 378 g/mol. The lowest BCUT2D eigenvalue weighted by Crippen LogP contribution is -2.40. The van der Waals surface area contributed by atoms with Crippen LogP contribution in [0.1, 0.15) is 20.3 Å². The number of fused-ring (bicyclic) bond motifs is 1. The zero-order chi connectivity index (χ0) is 20.1. The summed E-state index contributed by atoms with van der Waals surface area (Å²) >= 11 is 1.51. The molecule has 1 aliphatic rings. The molecule has 0 spiro atoms. The summed E-state index contributed by atoms with van der Waals surface area (Å²) in [5.74, 6) is 0.0729. The minimum Gasteiger partial charge on any atom is -0.390 e. The molecule has 1 aromatic carbocycles. The fourth-order valence-electron chi connectivity index (χ4n) is 3.70. The van der Waals surface area contributed by atoms with Crippen LogP contribution in [0, 0.1) is 5.92 Å². The molecule has 3 aromatic rings. The van der Waals surface area contributed by atoms with Gasteiger partial charge in [-0.15, -0.1) is 11.3 Å². The lowest BCUT2D eigenvalue weighted by Gasteiger charge is -2.28. The number of thiazole rings is 1. The topological polar surface area (TPSA) is 137 Å². The molecule has 0 saturated heterocycles. The Bertz CT molecular complexity index is 970. The summed E-state index contributed by atoms with van der Waals surface area (Å²) in [7, 11) is 0. The van der Waals surface area contributed by atoms with E-state index in [9.17, 15) is 15.3 Å². The van der Waals surface area contributed by atoms with Crippen molar-refractivity contribution in [1.29, 1.82) is 0 Å². The number of aliphatic hydroxyl groups is 3. The van der Waals surface area contributed by atoms with Crippen molar-refractivity contribution in [3.05, 3.63) is 30.5 Å². The van der Waals surface area contributed by atoms with Crippen LogP contribution in [0.5, 0.6) is 0 Å². The van der Waals surface area contributed by atoms with Crippen LogP contribution in [-0.4, -0.2) is 54.1 Å². The summed E-state index contributed by atoms with van der Waals surface area (Å²) in [5, 5.41) is 35.1. The number of para-hydroxylation sites is 1. The van der Waals surface area contributed by atoms with E-state index in [-0.39, 0.29) is 5.95 Å². The van der Waals surface area contributed by atoms with Gasteiger partial charge in [-0.2, -0.15) is 4.98 Å². The monoisotopic (exact) mass is 401 g/mol. The fraction of sp³-hybridized carbons (Fsp3) is 0.421. The highest BCUT2D eigenvalue weighted by Gasteiger charge is 2.47. The summed E-state index contributed by atoms with van der Waals surface area (Å²) in [6, 6.07) is 7.32. The number of nitrogens with zero attached hydrogens (tertiary/aromatic N) is 3. The van der Waals surface area contributed by atoms with Gasteiger partial charge < -0.3 is 26.4 Å². The highest BCUT2D eigenvalue weighted by atomic mass is 32.1. The van der Waals surface area contributed by atoms with Crippen LogP contribution in [-0.2, 0) is 0 Å². The molecule has 9 heteroatoms. The maximum Gasteiger partial charge on any atom is 0.221 e. The molecule has 0 unspecified atom stereocenters. The van der Waals surface area contributed by atoms with Gasteiger partial charge in [0.15, 0.2) is 0 Å². The van der Waals surface area contributed by atoms with Crippen LogP contribution in [0.4, 0.5) is 11.8 Å². The molecule has 0 bridgehead atoms. The van der Waals surface area contributed by atoms with E-state index >= 15 is 0 Å². The van der Waals surface area contributed by atoms with E-state index in [1.165, 1.54) is 11.3 Å². The largest absolute Gasteiger partial charge is 0.390 e. The predicted molar refractivity (Wildman–Crippen MR) is 109 cm³/mol. The Hall–Kier alpha value is -2.33. The predicted octanol–water partition coefficient (Wildman–Crippen LogP) is 1.63. The number of nitrogen functional groups attached to an aromatic ring is 1. The van der Waals surface area contributed by atoms with Crippen molar-refractivity contribution in [2.45, 2.75) is 44.1 Å². The molecule has 0 amide bonds. The van der Waals surface area contributed by atoms with E-state index in [0.717, 1.165) is 15.2 Å². The molecule has 1 fully saturated rings. The number of anilines is 2. The van der Waals surface area contributed by atoms with Gasteiger partial charge in [-0.25, -0.2) is 9.97 Å². The zero-order valence-electron chi connectivity index (χ0n) is 15.6. The van der Waals surface area contributed by atoms with Crippen molar-refractivity contribution in [2.24, 2.45) is 5.92 Å². The highest BCUT2D eigenvalue weighted by Crippen LogP contribution is 2.38. The number of benzene rings is 1. The van der Waals surface area contributed by atoms with Crippen LogP contribution in [0.2, 0.25) is 0 Å². The molecule has 4 atom stereocenters. The van der Waals surface area contributed by atoms with Gasteiger partial charge >= 0.3 is 0 Å². The van der Waals surface area contributed by atoms with Crippen molar-refractivity contribution in [1.82, 2.24) is 15.0 Å². The Kier molecular flexibility index (Phi) is 4.70. The van der Waals surface area contributed by atoms with Gasteiger partial charge in [0.25, 0.3) is 0 Å². The first-order valence-electron chi connectivity index (χ1n) is 9.07. The van der Waals surface area contributed by atoms with Gasteiger partial charge in [0, 0.05) is 12.1 Å². The van der Waals surface area contributed by atoms with E-state index in [2.05, 4.69) is 20.3 Å². The quantitative estimate of drug-likeness (QED) is 0.445. The van der Waals surface area contributed by atoms with Crippen LogP contribution < -0.4 is 11.1 Å². The van der Waals surface area contributed by atoms with Gasteiger partial charge in [0.1, 0.15) is 16.9 Å². The van der Waals surface area contributed by atoms with Crippen molar-refractivity contribution >= 4 is 33.3 Å². The summed E-state index contributed by atoms with van der Waals surface area (Å²) in [4.78, 5) is 13.0. The third-order valence-corrected chi connectivity index (χ3v) is 6.31. The molecular formula is C19H23N5O3S. The molecule has 0 aliphatic heterocycles. The summed E-state index contributed by atoms with van der Waals surface area (Å²) in [6.45, 7) is 3.26. The van der Waals surface area contributed by atoms with Crippen molar-refractivity contribution in [3.8, 4) is 10.6 Å². The molecule has 2 aromatic heterocycles. The second-order valence-corrected chi connectivity index (χ2v) is 8.74. The lowest BCUT2D eigenvalue weighted by atomic mass is 9.88. The van der Waals surface area contributed by atoms with Crippen LogP contribution >= 0.6 is 11.3 Å². The Morgan fingerprint density at radius 1 is 1.18 bits per heavy atom. The number of hydrogen-bond acceptors (Lipinski definition) is 9. The normalized spacial score (nSPS) is 25.3. The van der Waals surface area contributed by atoms with Gasteiger partial charge in [-0.1, -0.05) is 12.1 Å². The standard InChI is InChI=1S/C19H23N5O3S/c1-19(2,27)10-7-12(15(26)14(10)25)22-16-9(8-21-18(20)24-16)17-23-11-5-3-4-6-13(11)28-17/h3-6,8,10,12,14-15,25-27H,7H2,1-2H3,(H3,20,21,22,24)/t10-,12+,14+,15-/m0/s1. The molecule has 0 radical (unpaired) electrons. The van der Waals surface area contributed by atoms with Gasteiger partial charge in [-0.05, 0) is 32.4 Å². The third-order valence-electron chi connectivity index (χ3n) is 5.24. The second-order valence-electron chi connectivity index (χ2n) is 7.71. The van der Waals surface area contributed by atoms with Crippen LogP contribution in [0.25, 0.3) is 20.8 Å². The smallest absolute Gasteiger partial charge is 0.221 e. The molecule has 4 rings (SSSR count). The molecule has 28 heavy (non-hydrogen) atoms. The highest BCUT2D eigenvalue weighted by molar-refractivity contribution is 7.21. The summed E-state index contributed by atoms with van der Waals surface area (Å²) in [5.41, 5.74) is 6.22. The van der Waals surface area contributed by atoms with E-state index in [4.69, 9.17) is 5.73 Å². The van der Waals surface area contributed by atoms with Crippen molar-refractivity contribution < 1.29 is 15.3 Å². The molecule has 1 saturated carbocycles. The summed E-state index contributed by atoms with van der Waals surface area (Å²) < 4.78 is 1.04. The maximum atomic E-state index is 10.5. The molecule has 6 N–H and O–H groups in total. The molecule has 2 heterocycles.